The number of carbonyl (C=O) groups is 2. The molecule has 1 amide bonds. The van der Waals surface area contributed by atoms with Crippen LogP contribution in [-0.2, 0) is 9.59 Å². The highest BCUT2D eigenvalue weighted by Gasteiger charge is 2.32. The van der Waals surface area contributed by atoms with Crippen LogP contribution in [0.2, 0.25) is 0 Å². The summed E-state index contributed by atoms with van der Waals surface area (Å²) in [5, 5.41) is 14.7. The van der Waals surface area contributed by atoms with E-state index >= 15 is 0 Å². The van der Waals surface area contributed by atoms with Crippen LogP contribution in [0.25, 0.3) is 0 Å². The van der Waals surface area contributed by atoms with Crippen LogP contribution < -0.4 is 10.6 Å². The zero-order chi connectivity index (χ0) is 13.6. The lowest BCUT2D eigenvalue weighted by Gasteiger charge is -2.27. The van der Waals surface area contributed by atoms with Gasteiger partial charge >= 0.3 is 5.97 Å². The standard InChI is InChI=1S/C12H24N2O3/c1-8(2)13-7-6-9(15)14-10(11(16)17)12(3,4)5/h8,10,13H,6-7H2,1-5H3,(H,14,15)(H,16,17). The second-order valence-electron chi connectivity index (χ2n) is 5.56. The minimum Gasteiger partial charge on any atom is -0.480 e. The number of carboxylic acid groups (broad SMARTS) is 1. The summed E-state index contributed by atoms with van der Waals surface area (Å²) in [6, 6.07) is -0.533. The lowest BCUT2D eigenvalue weighted by molar-refractivity contribution is -0.144. The molecule has 5 heteroatoms. The maximum atomic E-state index is 11.6. The maximum Gasteiger partial charge on any atom is 0.326 e. The van der Waals surface area contributed by atoms with Crippen LogP contribution in [0.15, 0.2) is 0 Å². The Morgan fingerprint density at radius 1 is 1.24 bits per heavy atom. The fourth-order valence-electron chi connectivity index (χ4n) is 1.36. The normalized spacial score (nSPS) is 13.5. The third kappa shape index (κ3) is 6.94. The van der Waals surface area contributed by atoms with Gasteiger partial charge in [-0.1, -0.05) is 34.6 Å². The maximum absolute atomic E-state index is 11.6. The molecule has 0 bridgehead atoms. The van der Waals surface area contributed by atoms with Crippen molar-refractivity contribution in [3.63, 3.8) is 0 Å². The summed E-state index contributed by atoms with van der Waals surface area (Å²) < 4.78 is 0. The Morgan fingerprint density at radius 2 is 1.76 bits per heavy atom. The lowest BCUT2D eigenvalue weighted by Crippen LogP contribution is -2.49. The van der Waals surface area contributed by atoms with Gasteiger partial charge < -0.3 is 15.7 Å². The number of rotatable bonds is 6. The molecule has 0 rings (SSSR count). The third-order valence-electron chi connectivity index (χ3n) is 2.32. The van der Waals surface area contributed by atoms with Crippen LogP contribution in [0.4, 0.5) is 0 Å². The minimum atomic E-state index is -0.998. The molecule has 0 heterocycles. The SMILES string of the molecule is CC(C)NCCC(=O)NC(C(=O)O)C(C)(C)C. The summed E-state index contributed by atoms with van der Waals surface area (Å²) in [4.78, 5) is 22.6. The second kappa shape index (κ2) is 6.59. The van der Waals surface area contributed by atoms with Gasteiger partial charge in [0, 0.05) is 19.0 Å². The highest BCUT2D eigenvalue weighted by molar-refractivity contribution is 5.84. The van der Waals surface area contributed by atoms with Gasteiger partial charge in [0.1, 0.15) is 6.04 Å². The molecule has 0 spiro atoms. The molecular formula is C12H24N2O3. The van der Waals surface area contributed by atoms with Gasteiger partial charge in [0.25, 0.3) is 0 Å². The predicted molar refractivity (Wildman–Crippen MR) is 66.8 cm³/mol. The number of carbonyl (C=O) groups excluding carboxylic acids is 1. The van der Waals surface area contributed by atoms with Crippen LogP contribution in [0.1, 0.15) is 41.0 Å². The minimum absolute atomic E-state index is 0.236. The van der Waals surface area contributed by atoms with E-state index in [4.69, 9.17) is 5.11 Å². The van der Waals surface area contributed by atoms with E-state index in [2.05, 4.69) is 10.6 Å². The molecule has 5 nitrogen and oxygen atoms in total. The summed E-state index contributed by atoms with van der Waals surface area (Å²) >= 11 is 0. The molecule has 3 N–H and O–H groups in total. The number of carboxylic acids is 1. The quantitative estimate of drug-likeness (QED) is 0.651. The predicted octanol–water partition coefficient (Wildman–Crippen LogP) is 0.990. The molecular weight excluding hydrogens is 220 g/mol. The molecule has 0 fully saturated rings. The fourth-order valence-corrected chi connectivity index (χ4v) is 1.36. The number of hydrogen-bond donors (Lipinski definition) is 3. The summed E-state index contributed by atoms with van der Waals surface area (Å²) in [5.74, 6) is -1.23. The number of nitrogens with one attached hydrogen (secondary N) is 2. The molecule has 0 aliphatic rings. The van der Waals surface area contributed by atoms with Crippen LogP contribution in [0.5, 0.6) is 0 Å². The van der Waals surface area contributed by atoms with Crippen molar-refractivity contribution >= 4 is 11.9 Å². The van der Waals surface area contributed by atoms with E-state index in [1.165, 1.54) is 0 Å². The Balaban J connectivity index is 4.20. The van der Waals surface area contributed by atoms with Crippen molar-refractivity contribution in [1.82, 2.24) is 10.6 Å². The zero-order valence-electron chi connectivity index (χ0n) is 11.3. The number of aliphatic carboxylic acids is 1. The van der Waals surface area contributed by atoms with Crippen molar-refractivity contribution in [3.8, 4) is 0 Å². The van der Waals surface area contributed by atoms with Gasteiger partial charge in [-0.3, -0.25) is 4.79 Å². The van der Waals surface area contributed by atoms with E-state index in [9.17, 15) is 9.59 Å². The topological polar surface area (TPSA) is 78.4 Å². The first kappa shape index (κ1) is 15.9. The van der Waals surface area contributed by atoms with Gasteiger partial charge in [0.15, 0.2) is 0 Å². The Kier molecular flexibility index (Phi) is 6.16. The molecule has 1 atom stereocenters. The highest BCUT2D eigenvalue weighted by Crippen LogP contribution is 2.19. The highest BCUT2D eigenvalue weighted by atomic mass is 16.4. The molecule has 0 radical (unpaired) electrons. The van der Waals surface area contributed by atoms with Crippen LogP contribution in [0.3, 0.4) is 0 Å². The van der Waals surface area contributed by atoms with E-state index in [-0.39, 0.29) is 12.3 Å². The van der Waals surface area contributed by atoms with Gasteiger partial charge in [-0.25, -0.2) is 4.79 Å². The molecule has 0 aromatic rings. The number of amides is 1. The molecule has 0 saturated heterocycles. The van der Waals surface area contributed by atoms with Crippen molar-refractivity contribution in [2.45, 2.75) is 53.1 Å². The Morgan fingerprint density at radius 3 is 2.12 bits per heavy atom. The summed E-state index contributed by atoms with van der Waals surface area (Å²) in [6.45, 7) is 9.91. The molecule has 0 aliphatic carbocycles. The summed E-state index contributed by atoms with van der Waals surface area (Å²) in [5.41, 5.74) is -0.493. The van der Waals surface area contributed by atoms with Crippen molar-refractivity contribution < 1.29 is 14.7 Å². The molecule has 100 valence electrons. The van der Waals surface area contributed by atoms with E-state index in [0.29, 0.717) is 12.6 Å². The smallest absolute Gasteiger partial charge is 0.326 e. The Bertz CT molecular complexity index is 269. The molecule has 1 unspecified atom stereocenters. The summed E-state index contributed by atoms with van der Waals surface area (Å²) in [7, 11) is 0. The van der Waals surface area contributed by atoms with E-state index in [1.54, 1.807) is 20.8 Å². The number of hydrogen-bond acceptors (Lipinski definition) is 3. The van der Waals surface area contributed by atoms with Crippen molar-refractivity contribution in [2.75, 3.05) is 6.54 Å². The molecule has 0 aliphatic heterocycles. The van der Waals surface area contributed by atoms with Crippen LogP contribution in [0, 0.1) is 5.41 Å². The van der Waals surface area contributed by atoms with Gasteiger partial charge in [-0.15, -0.1) is 0 Å². The van der Waals surface area contributed by atoms with E-state index in [0.717, 1.165) is 0 Å². The first-order chi connectivity index (χ1) is 7.64. The van der Waals surface area contributed by atoms with Gasteiger partial charge in [-0.05, 0) is 5.41 Å². The lowest BCUT2D eigenvalue weighted by atomic mass is 9.86. The van der Waals surface area contributed by atoms with Gasteiger partial charge in [-0.2, -0.15) is 0 Å². The monoisotopic (exact) mass is 244 g/mol. The van der Waals surface area contributed by atoms with Crippen LogP contribution >= 0.6 is 0 Å². The van der Waals surface area contributed by atoms with Crippen molar-refractivity contribution in [2.24, 2.45) is 5.41 Å². The van der Waals surface area contributed by atoms with Crippen molar-refractivity contribution in [1.29, 1.82) is 0 Å². The first-order valence-electron chi connectivity index (χ1n) is 5.90. The van der Waals surface area contributed by atoms with E-state index in [1.807, 2.05) is 13.8 Å². The van der Waals surface area contributed by atoms with Crippen LogP contribution in [-0.4, -0.2) is 35.6 Å². The third-order valence-corrected chi connectivity index (χ3v) is 2.32. The Hall–Kier alpha value is -1.10. The van der Waals surface area contributed by atoms with Gasteiger partial charge in [0.2, 0.25) is 5.91 Å². The average molecular weight is 244 g/mol. The average Bonchev–Trinajstić information content (AvgIpc) is 2.11. The first-order valence-corrected chi connectivity index (χ1v) is 5.90. The van der Waals surface area contributed by atoms with Crippen molar-refractivity contribution in [3.05, 3.63) is 0 Å². The second-order valence-corrected chi connectivity index (χ2v) is 5.56. The summed E-state index contributed by atoms with van der Waals surface area (Å²) in [6.07, 6.45) is 0.290. The molecule has 0 saturated carbocycles. The molecule has 17 heavy (non-hydrogen) atoms. The zero-order valence-corrected chi connectivity index (χ0v) is 11.3. The largest absolute Gasteiger partial charge is 0.480 e. The van der Waals surface area contributed by atoms with E-state index < -0.39 is 17.4 Å². The molecule has 0 aromatic heterocycles. The molecule has 0 aromatic carbocycles. The Labute approximate surface area is 103 Å². The fraction of sp³-hybridized carbons (Fsp3) is 0.833. The van der Waals surface area contributed by atoms with Gasteiger partial charge in [0.05, 0.1) is 0 Å².